The average Bonchev–Trinajstić information content (AvgIpc) is 3.05. The van der Waals surface area contributed by atoms with Crippen LogP contribution in [0.15, 0.2) is 35.2 Å². The number of halogens is 1. The summed E-state index contributed by atoms with van der Waals surface area (Å²) in [7, 11) is -3.72. The first-order valence-electron chi connectivity index (χ1n) is 10.5. The van der Waals surface area contributed by atoms with Crippen molar-refractivity contribution in [3.05, 3.63) is 41.7 Å². The van der Waals surface area contributed by atoms with Crippen molar-refractivity contribution in [2.75, 3.05) is 49.1 Å². The van der Waals surface area contributed by atoms with Gasteiger partial charge in [0.05, 0.1) is 4.90 Å². The quantitative estimate of drug-likeness (QED) is 0.739. The van der Waals surface area contributed by atoms with Gasteiger partial charge >= 0.3 is 0 Å². The largest absolute Gasteiger partial charge is 0.355 e. The molecule has 0 unspecified atom stereocenters. The predicted molar refractivity (Wildman–Crippen MR) is 115 cm³/mol. The first-order chi connectivity index (χ1) is 14.4. The molecule has 0 saturated carbocycles. The van der Waals surface area contributed by atoms with E-state index < -0.39 is 15.8 Å². The van der Waals surface area contributed by atoms with E-state index in [0.717, 1.165) is 30.8 Å². The summed E-state index contributed by atoms with van der Waals surface area (Å²) in [5.41, 5.74) is 0.550. The van der Waals surface area contributed by atoms with E-state index in [1.807, 2.05) is 17.0 Å². The highest BCUT2D eigenvalue weighted by molar-refractivity contribution is 7.89. The number of rotatable bonds is 4. The summed E-state index contributed by atoms with van der Waals surface area (Å²) >= 11 is 0. The van der Waals surface area contributed by atoms with Gasteiger partial charge in [-0.1, -0.05) is 18.9 Å². The number of sulfonamides is 1. The molecule has 7 nitrogen and oxygen atoms in total. The Morgan fingerprint density at radius 3 is 1.93 bits per heavy atom. The maximum absolute atomic E-state index is 13.6. The van der Waals surface area contributed by atoms with Crippen LogP contribution < -0.4 is 9.80 Å². The fourth-order valence-corrected chi connectivity index (χ4v) is 5.76. The monoisotopic (exact) mass is 433 g/mol. The third-order valence-corrected chi connectivity index (χ3v) is 7.94. The van der Waals surface area contributed by atoms with Gasteiger partial charge in [-0.05, 0) is 49.6 Å². The number of hydrogen-bond donors (Lipinski definition) is 0. The van der Waals surface area contributed by atoms with Gasteiger partial charge in [-0.3, -0.25) is 0 Å². The smallest absolute Gasteiger partial charge is 0.243 e. The normalized spacial score (nSPS) is 19.0. The number of aromatic nitrogens is 2. The number of aryl methyl sites for hydroxylation is 1. The van der Waals surface area contributed by atoms with Gasteiger partial charge in [0.15, 0.2) is 11.6 Å². The molecule has 0 atom stereocenters. The van der Waals surface area contributed by atoms with Gasteiger partial charge in [-0.25, -0.2) is 12.8 Å². The highest BCUT2D eigenvalue weighted by atomic mass is 32.2. The molecule has 2 aliphatic rings. The molecular weight excluding hydrogens is 405 g/mol. The van der Waals surface area contributed by atoms with E-state index in [-0.39, 0.29) is 4.90 Å². The van der Waals surface area contributed by atoms with Crippen molar-refractivity contribution in [3.8, 4) is 0 Å². The summed E-state index contributed by atoms with van der Waals surface area (Å²) in [5.74, 6) is 1.12. The van der Waals surface area contributed by atoms with E-state index in [0.29, 0.717) is 31.7 Å². The predicted octanol–water partition coefficient (Wildman–Crippen LogP) is 2.82. The van der Waals surface area contributed by atoms with Gasteiger partial charge in [0.2, 0.25) is 10.0 Å². The van der Waals surface area contributed by atoms with Crippen LogP contribution in [0.5, 0.6) is 0 Å². The van der Waals surface area contributed by atoms with Crippen LogP contribution in [0.25, 0.3) is 0 Å². The number of nitrogens with zero attached hydrogens (tertiary/aromatic N) is 5. The molecular formula is C21H28FN5O2S. The standard InChI is InChI=1S/C21H28FN5O2S/c1-17-6-7-18(22)16-19(17)30(28,29)27-14-12-26(13-15-27)21-9-8-20(23-24-21)25-10-4-2-3-5-11-25/h6-9,16H,2-5,10-15H2,1H3. The Bertz CT molecular complexity index is 967. The molecule has 30 heavy (non-hydrogen) atoms. The third-order valence-electron chi connectivity index (χ3n) is 5.90. The number of piperazine rings is 1. The molecule has 2 saturated heterocycles. The van der Waals surface area contributed by atoms with Crippen LogP contribution in [0.3, 0.4) is 0 Å². The van der Waals surface area contributed by atoms with E-state index in [2.05, 4.69) is 15.1 Å². The van der Waals surface area contributed by atoms with Crippen LogP contribution in [0, 0.1) is 12.7 Å². The van der Waals surface area contributed by atoms with E-state index >= 15 is 0 Å². The lowest BCUT2D eigenvalue weighted by Crippen LogP contribution is -2.49. The summed E-state index contributed by atoms with van der Waals surface area (Å²) in [4.78, 5) is 4.37. The van der Waals surface area contributed by atoms with Gasteiger partial charge in [0, 0.05) is 39.3 Å². The van der Waals surface area contributed by atoms with Gasteiger partial charge in [-0.15, -0.1) is 10.2 Å². The molecule has 2 aliphatic heterocycles. The number of benzene rings is 1. The summed E-state index contributed by atoms with van der Waals surface area (Å²) in [6.07, 6.45) is 4.91. The van der Waals surface area contributed by atoms with E-state index in [4.69, 9.17) is 0 Å². The molecule has 4 rings (SSSR count). The number of hydrogen-bond acceptors (Lipinski definition) is 6. The Morgan fingerprint density at radius 2 is 1.37 bits per heavy atom. The maximum Gasteiger partial charge on any atom is 0.243 e. The molecule has 0 bridgehead atoms. The van der Waals surface area contributed by atoms with Crippen LogP contribution in [0.1, 0.15) is 31.2 Å². The van der Waals surface area contributed by atoms with E-state index in [1.165, 1.54) is 42.1 Å². The molecule has 1 aromatic carbocycles. The first kappa shape index (κ1) is 21.0. The van der Waals surface area contributed by atoms with Gasteiger partial charge < -0.3 is 9.80 Å². The minimum absolute atomic E-state index is 0.0394. The molecule has 3 heterocycles. The van der Waals surface area contributed by atoms with Crippen LogP contribution in [-0.2, 0) is 10.0 Å². The average molecular weight is 434 g/mol. The third kappa shape index (κ3) is 4.41. The lowest BCUT2D eigenvalue weighted by atomic mass is 10.2. The first-order valence-corrected chi connectivity index (χ1v) is 12.0. The van der Waals surface area contributed by atoms with Crippen molar-refractivity contribution in [2.24, 2.45) is 0 Å². The lowest BCUT2D eigenvalue weighted by Gasteiger charge is -2.34. The highest BCUT2D eigenvalue weighted by Gasteiger charge is 2.30. The van der Waals surface area contributed by atoms with Crippen molar-refractivity contribution in [2.45, 2.75) is 37.5 Å². The lowest BCUT2D eigenvalue weighted by molar-refractivity contribution is 0.383. The molecule has 0 spiro atoms. The Morgan fingerprint density at radius 1 is 0.800 bits per heavy atom. The summed E-state index contributed by atoms with van der Waals surface area (Å²) in [5, 5.41) is 8.81. The second-order valence-electron chi connectivity index (χ2n) is 7.95. The molecule has 0 aliphatic carbocycles. The van der Waals surface area contributed by atoms with Gasteiger partial charge in [0.25, 0.3) is 0 Å². The molecule has 9 heteroatoms. The zero-order valence-electron chi connectivity index (χ0n) is 17.3. The van der Waals surface area contributed by atoms with Crippen molar-refractivity contribution < 1.29 is 12.8 Å². The van der Waals surface area contributed by atoms with Crippen LogP contribution >= 0.6 is 0 Å². The van der Waals surface area contributed by atoms with Crippen LogP contribution in [-0.4, -0.2) is 62.2 Å². The zero-order chi connectivity index (χ0) is 21.1. The Labute approximate surface area is 177 Å². The molecule has 2 aromatic rings. The Balaban J connectivity index is 1.41. The summed E-state index contributed by atoms with van der Waals surface area (Å²) < 4.78 is 40.9. The van der Waals surface area contributed by atoms with Gasteiger partial charge in [-0.2, -0.15) is 4.31 Å². The second kappa shape index (κ2) is 8.85. The molecule has 162 valence electrons. The van der Waals surface area contributed by atoms with E-state index in [9.17, 15) is 12.8 Å². The van der Waals surface area contributed by atoms with Gasteiger partial charge in [0.1, 0.15) is 5.82 Å². The molecule has 2 fully saturated rings. The Kier molecular flexibility index (Phi) is 6.19. The minimum Gasteiger partial charge on any atom is -0.355 e. The van der Waals surface area contributed by atoms with Crippen LogP contribution in [0.2, 0.25) is 0 Å². The maximum atomic E-state index is 13.6. The van der Waals surface area contributed by atoms with Crippen LogP contribution in [0.4, 0.5) is 16.0 Å². The fraction of sp³-hybridized carbons (Fsp3) is 0.524. The van der Waals surface area contributed by atoms with Crippen molar-refractivity contribution >= 4 is 21.7 Å². The fourth-order valence-electron chi connectivity index (χ4n) is 4.10. The molecule has 0 amide bonds. The summed E-state index contributed by atoms with van der Waals surface area (Å²) in [6, 6.07) is 7.85. The minimum atomic E-state index is -3.72. The van der Waals surface area contributed by atoms with E-state index in [1.54, 1.807) is 6.92 Å². The Hall–Kier alpha value is -2.26. The molecule has 0 radical (unpaired) electrons. The van der Waals surface area contributed by atoms with Crippen molar-refractivity contribution in [1.82, 2.24) is 14.5 Å². The molecule has 1 aromatic heterocycles. The topological polar surface area (TPSA) is 69.6 Å². The highest BCUT2D eigenvalue weighted by Crippen LogP contribution is 2.24. The zero-order valence-corrected chi connectivity index (χ0v) is 18.1. The summed E-state index contributed by atoms with van der Waals surface area (Å²) in [6.45, 7) is 5.41. The molecule has 0 N–H and O–H groups in total. The van der Waals surface area contributed by atoms with Crippen molar-refractivity contribution in [1.29, 1.82) is 0 Å². The van der Waals surface area contributed by atoms with Crippen molar-refractivity contribution in [3.63, 3.8) is 0 Å². The second-order valence-corrected chi connectivity index (χ2v) is 9.86. The number of anilines is 2. The SMILES string of the molecule is Cc1ccc(F)cc1S(=O)(=O)N1CCN(c2ccc(N3CCCCCC3)nn2)CC1.